The molecule has 2 aromatic heterocycles. The highest BCUT2D eigenvalue weighted by Crippen LogP contribution is 2.37. The van der Waals surface area contributed by atoms with Gasteiger partial charge in [0.05, 0.1) is 5.69 Å². The molecule has 0 atom stereocenters. The lowest BCUT2D eigenvalue weighted by Gasteiger charge is -2.15. The zero-order valence-electron chi connectivity index (χ0n) is 14.4. The molecule has 1 fully saturated rings. The normalized spacial score (nSPS) is 14.0. The molecule has 3 aromatic rings. The Morgan fingerprint density at radius 2 is 2.04 bits per heavy atom. The third-order valence-corrected chi connectivity index (χ3v) is 4.80. The zero-order valence-corrected chi connectivity index (χ0v) is 14.4. The van der Waals surface area contributed by atoms with Crippen LogP contribution in [0.3, 0.4) is 0 Å². The van der Waals surface area contributed by atoms with Crippen molar-refractivity contribution in [2.45, 2.75) is 26.7 Å². The van der Waals surface area contributed by atoms with Crippen LogP contribution in [0.15, 0.2) is 24.5 Å². The van der Waals surface area contributed by atoms with Crippen LogP contribution in [0.1, 0.15) is 24.0 Å². The summed E-state index contributed by atoms with van der Waals surface area (Å²) in [6, 6.07) is 5.50. The van der Waals surface area contributed by atoms with Gasteiger partial charge >= 0.3 is 0 Å². The topological polar surface area (TPSA) is 97.0 Å². The van der Waals surface area contributed by atoms with E-state index in [1.54, 1.807) is 6.07 Å². The minimum absolute atomic E-state index is 0.244. The molecule has 1 aliphatic rings. The summed E-state index contributed by atoms with van der Waals surface area (Å²) in [6.07, 6.45) is 3.99. The number of phenols is 1. The maximum absolute atomic E-state index is 10.2. The van der Waals surface area contributed by atoms with Crippen molar-refractivity contribution in [2.24, 2.45) is 5.92 Å². The largest absolute Gasteiger partial charge is 0.508 e. The smallest absolute Gasteiger partial charge is 0.134 e. The van der Waals surface area contributed by atoms with Gasteiger partial charge in [-0.05, 0) is 50.3 Å². The van der Waals surface area contributed by atoms with Crippen LogP contribution in [0.4, 0.5) is 11.6 Å². The van der Waals surface area contributed by atoms with E-state index < -0.39 is 0 Å². The molecule has 1 saturated carbocycles. The lowest BCUT2D eigenvalue weighted by atomic mass is 9.97. The molecule has 2 heterocycles. The van der Waals surface area contributed by atoms with Gasteiger partial charge in [0.25, 0.3) is 0 Å². The third-order valence-electron chi connectivity index (χ3n) is 4.80. The molecule has 1 aromatic carbocycles. The van der Waals surface area contributed by atoms with E-state index in [0.717, 1.165) is 46.1 Å². The van der Waals surface area contributed by atoms with Crippen molar-refractivity contribution in [3.05, 3.63) is 35.7 Å². The Bertz CT molecular complexity index is 966. The average Bonchev–Trinajstić information content (AvgIpc) is 3.42. The number of rotatable bonds is 4. The number of aromatic nitrogens is 3. The number of anilines is 2. The summed E-state index contributed by atoms with van der Waals surface area (Å²) in [5.74, 6) is 2.17. The van der Waals surface area contributed by atoms with Crippen molar-refractivity contribution in [3.8, 4) is 17.0 Å². The summed E-state index contributed by atoms with van der Waals surface area (Å²) in [7, 11) is 0. The number of phenolic OH excluding ortho intramolecular Hbond substituents is 1. The summed E-state index contributed by atoms with van der Waals surface area (Å²) >= 11 is 0. The quantitative estimate of drug-likeness (QED) is 0.676. The lowest BCUT2D eigenvalue weighted by Crippen LogP contribution is -2.07. The highest BCUT2D eigenvalue weighted by Gasteiger charge is 2.22. The summed E-state index contributed by atoms with van der Waals surface area (Å²) in [6.45, 7) is 4.80. The molecule has 0 aliphatic heterocycles. The number of fused-ring (bicyclic) bond motifs is 1. The number of nitrogen functional groups attached to an aromatic ring is 1. The second kappa shape index (κ2) is 5.88. The van der Waals surface area contributed by atoms with Gasteiger partial charge in [-0.2, -0.15) is 0 Å². The van der Waals surface area contributed by atoms with Crippen LogP contribution in [0.2, 0.25) is 0 Å². The molecule has 128 valence electrons. The molecule has 0 unspecified atom stereocenters. The molecule has 25 heavy (non-hydrogen) atoms. The number of nitrogens with two attached hydrogens (primary N) is 1. The van der Waals surface area contributed by atoms with Gasteiger partial charge in [-0.15, -0.1) is 0 Å². The number of aryl methyl sites for hydroxylation is 1. The van der Waals surface area contributed by atoms with E-state index in [1.807, 2.05) is 26.0 Å². The van der Waals surface area contributed by atoms with Gasteiger partial charge in [-0.1, -0.05) is 6.07 Å². The molecule has 1 aliphatic carbocycles. The number of benzene rings is 1. The summed E-state index contributed by atoms with van der Waals surface area (Å²) in [4.78, 5) is 13.3. The molecule has 0 amide bonds. The maximum atomic E-state index is 10.2. The second-order valence-corrected chi connectivity index (χ2v) is 6.74. The fraction of sp³-hybridized carbons (Fsp3) is 0.316. The predicted molar refractivity (Wildman–Crippen MR) is 99.5 cm³/mol. The molecule has 0 bridgehead atoms. The standard InChI is InChI=1S/C19H21N5O/c1-10-3-6-14(25)11(2)16(10)18-17-13(19(20)23-9-22-17)7-15(24-18)21-8-12-4-5-12/h3,6-7,9,12,25H,4-5,8H2,1-2H3,(H,21,24)(H2,20,22,23). The summed E-state index contributed by atoms with van der Waals surface area (Å²) in [5.41, 5.74) is 10.2. The number of nitrogens with zero attached hydrogens (tertiary/aromatic N) is 3. The third kappa shape index (κ3) is 2.84. The van der Waals surface area contributed by atoms with Crippen LogP contribution in [0.25, 0.3) is 22.2 Å². The van der Waals surface area contributed by atoms with Gasteiger partial charge in [0.1, 0.15) is 29.2 Å². The molecular formula is C19H21N5O. The van der Waals surface area contributed by atoms with Crippen LogP contribution in [0.5, 0.6) is 5.75 Å². The molecule has 6 nitrogen and oxygen atoms in total. The highest BCUT2D eigenvalue weighted by molar-refractivity contribution is 5.99. The van der Waals surface area contributed by atoms with Gasteiger partial charge < -0.3 is 16.2 Å². The summed E-state index contributed by atoms with van der Waals surface area (Å²) < 4.78 is 0. The molecule has 6 heteroatoms. The van der Waals surface area contributed by atoms with Crippen LogP contribution >= 0.6 is 0 Å². The number of nitrogens with one attached hydrogen (secondary N) is 1. The highest BCUT2D eigenvalue weighted by atomic mass is 16.3. The van der Waals surface area contributed by atoms with Crippen molar-refractivity contribution >= 4 is 22.5 Å². The minimum atomic E-state index is 0.244. The van der Waals surface area contributed by atoms with Gasteiger partial charge in [0.15, 0.2) is 0 Å². The molecule has 0 saturated heterocycles. The monoisotopic (exact) mass is 335 g/mol. The van der Waals surface area contributed by atoms with Crippen molar-refractivity contribution in [2.75, 3.05) is 17.6 Å². The van der Waals surface area contributed by atoms with E-state index in [-0.39, 0.29) is 5.75 Å². The Labute approximate surface area is 146 Å². The number of hydrogen-bond donors (Lipinski definition) is 3. The lowest BCUT2D eigenvalue weighted by molar-refractivity contribution is 0.471. The van der Waals surface area contributed by atoms with Gasteiger partial charge in [-0.25, -0.2) is 15.0 Å². The first-order chi connectivity index (χ1) is 12.0. The van der Waals surface area contributed by atoms with Crippen molar-refractivity contribution in [3.63, 3.8) is 0 Å². The fourth-order valence-electron chi connectivity index (χ4n) is 3.12. The Hall–Kier alpha value is -2.89. The maximum Gasteiger partial charge on any atom is 0.134 e. The zero-order chi connectivity index (χ0) is 17.6. The number of pyridine rings is 1. The van der Waals surface area contributed by atoms with Gasteiger partial charge in [-0.3, -0.25) is 0 Å². The molecule has 4 rings (SSSR count). The Morgan fingerprint density at radius 3 is 2.80 bits per heavy atom. The first kappa shape index (κ1) is 15.6. The molecular weight excluding hydrogens is 314 g/mol. The minimum Gasteiger partial charge on any atom is -0.508 e. The molecule has 4 N–H and O–H groups in total. The molecule has 0 spiro atoms. The Morgan fingerprint density at radius 1 is 1.24 bits per heavy atom. The average molecular weight is 335 g/mol. The molecule has 0 radical (unpaired) electrons. The predicted octanol–water partition coefficient (Wildman–Crippen LogP) is 3.42. The van der Waals surface area contributed by atoms with E-state index in [0.29, 0.717) is 11.3 Å². The summed E-state index contributed by atoms with van der Waals surface area (Å²) in [5, 5.41) is 14.3. The van der Waals surface area contributed by atoms with Crippen molar-refractivity contribution in [1.82, 2.24) is 15.0 Å². The SMILES string of the molecule is Cc1ccc(O)c(C)c1-c1nc(NCC2CC2)cc2c(N)ncnc12. The van der Waals surface area contributed by atoms with E-state index >= 15 is 0 Å². The van der Waals surface area contributed by atoms with Crippen molar-refractivity contribution < 1.29 is 5.11 Å². The van der Waals surface area contributed by atoms with Crippen LogP contribution in [-0.2, 0) is 0 Å². The van der Waals surface area contributed by atoms with E-state index in [9.17, 15) is 5.11 Å². The van der Waals surface area contributed by atoms with Crippen molar-refractivity contribution in [1.29, 1.82) is 0 Å². The van der Waals surface area contributed by atoms with Gasteiger partial charge in [0, 0.05) is 23.1 Å². The van der Waals surface area contributed by atoms with Crippen LogP contribution in [-0.4, -0.2) is 26.6 Å². The van der Waals surface area contributed by atoms with Crippen LogP contribution < -0.4 is 11.1 Å². The van der Waals surface area contributed by atoms with Gasteiger partial charge in [0.2, 0.25) is 0 Å². The van der Waals surface area contributed by atoms with E-state index in [2.05, 4.69) is 15.3 Å². The first-order valence-corrected chi connectivity index (χ1v) is 8.49. The first-order valence-electron chi connectivity index (χ1n) is 8.49. The number of aromatic hydroxyl groups is 1. The Kier molecular flexibility index (Phi) is 3.67. The van der Waals surface area contributed by atoms with Crippen LogP contribution in [0, 0.1) is 19.8 Å². The fourth-order valence-corrected chi connectivity index (χ4v) is 3.12. The van der Waals surface area contributed by atoms with E-state index in [4.69, 9.17) is 10.7 Å². The Balaban J connectivity index is 1.95. The number of hydrogen-bond acceptors (Lipinski definition) is 6. The second-order valence-electron chi connectivity index (χ2n) is 6.74. The van der Waals surface area contributed by atoms with E-state index in [1.165, 1.54) is 19.2 Å².